The zero-order chi connectivity index (χ0) is 20.8. The summed E-state index contributed by atoms with van der Waals surface area (Å²) in [5.74, 6) is -0.0151. The van der Waals surface area contributed by atoms with Crippen molar-refractivity contribution in [1.82, 2.24) is 9.55 Å². The van der Waals surface area contributed by atoms with Crippen molar-refractivity contribution >= 4 is 50.2 Å². The van der Waals surface area contributed by atoms with Crippen molar-refractivity contribution in [2.24, 2.45) is 0 Å². The maximum atomic E-state index is 12.9. The summed E-state index contributed by atoms with van der Waals surface area (Å²) in [7, 11) is 0. The Balaban J connectivity index is 1.86. The number of aromatic nitrogens is 2. The van der Waals surface area contributed by atoms with Crippen LogP contribution in [0.3, 0.4) is 0 Å². The lowest BCUT2D eigenvalue weighted by Crippen LogP contribution is -2.33. The summed E-state index contributed by atoms with van der Waals surface area (Å²) in [6, 6.07) is 16.7. The molecule has 3 aromatic rings. The number of carbonyl (C=O) groups is 1. The van der Waals surface area contributed by atoms with Gasteiger partial charge in [0.1, 0.15) is 0 Å². The Hall–Kier alpha value is -2.63. The molecule has 0 bridgehead atoms. The second kappa shape index (κ2) is 9.72. The molecule has 29 heavy (non-hydrogen) atoms. The third-order valence-corrected chi connectivity index (χ3v) is 5.79. The molecule has 148 valence electrons. The van der Waals surface area contributed by atoms with Crippen molar-refractivity contribution in [3.05, 3.63) is 63.4 Å². The second-order valence-electron chi connectivity index (χ2n) is 6.18. The van der Waals surface area contributed by atoms with Gasteiger partial charge in [0.2, 0.25) is 5.91 Å². The third-order valence-electron chi connectivity index (χ3n) is 4.34. The van der Waals surface area contributed by atoms with Gasteiger partial charge in [-0.2, -0.15) is 5.26 Å². The highest BCUT2D eigenvalue weighted by atomic mass is 79.9. The van der Waals surface area contributed by atoms with E-state index in [0.717, 1.165) is 10.2 Å². The van der Waals surface area contributed by atoms with E-state index in [9.17, 15) is 9.59 Å². The van der Waals surface area contributed by atoms with Gasteiger partial charge in [-0.25, -0.2) is 4.98 Å². The average molecular weight is 471 g/mol. The molecule has 0 saturated heterocycles. The molecular formula is C21H19BrN4O2S. The molecule has 1 amide bonds. The lowest BCUT2D eigenvalue weighted by molar-refractivity contribution is -0.116. The van der Waals surface area contributed by atoms with E-state index >= 15 is 0 Å². The highest BCUT2D eigenvalue weighted by Crippen LogP contribution is 2.22. The number of hydrogen-bond donors (Lipinski definition) is 0. The summed E-state index contributed by atoms with van der Waals surface area (Å²) in [5.41, 5.74) is 1.22. The van der Waals surface area contributed by atoms with Gasteiger partial charge in [0, 0.05) is 23.2 Å². The van der Waals surface area contributed by atoms with E-state index in [4.69, 9.17) is 5.26 Å². The molecule has 0 aliphatic carbocycles. The zero-order valence-corrected chi connectivity index (χ0v) is 18.2. The monoisotopic (exact) mass is 470 g/mol. The number of halogens is 1. The van der Waals surface area contributed by atoms with E-state index in [2.05, 4.69) is 27.0 Å². The second-order valence-corrected chi connectivity index (χ2v) is 8.04. The van der Waals surface area contributed by atoms with E-state index in [-0.39, 0.29) is 23.6 Å². The average Bonchev–Trinajstić information content (AvgIpc) is 2.74. The van der Waals surface area contributed by atoms with Crippen LogP contribution in [0.1, 0.15) is 13.3 Å². The van der Waals surface area contributed by atoms with Crippen LogP contribution in [0.4, 0.5) is 5.69 Å². The van der Waals surface area contributed by atoms with Gasteiger partial charge in [-0.1, -0.05) is 45.9 Å². The molecule has 0 aliphatic rings. The number of carbonyl (C=O) groups excluding carboxylic acids is 1. The van der Waals surface area contributed by atoms with Gasteiger partial charge in [0.15, 0.2) is 5.16 Å². The van der Waals surface area contributed by atoms with Crippen LogP contribution >= 0.6 is 27.7 Å². The summed E-state index contributed by atoms with van der Waals surface area (Å²) >= 11 is 4.62. The van der Waals surface area contributed by atoms with Crippen LogP contribution < -0.4 is 10.5 Å². The van der Waals surface area contributed by atoms with Crippen molar-refractivity contribution < 1.29 is 4.79 Å². The Kier molecular flexibility index (Phi) is 7.07. The molecule has 6 nitrogen and oxygen atoms in total. The number of anilines is 1. The van der Waals surface area contributed by atoms with Crippen molar-refractivity contribution in [1.29, 1.82) is 5.26 Å². The SMILES string of the molecule is CCn1c(SCC(=O)N(CCC#N)c2ccccc2)nc2ccc(Br)cc2c1=O. The molecule has 0 radical (unpaired) electrons. The Morgan fingerprint density at radius 2 is 2.03 bits per heavy atom. The minimum Gasteiger partial charge on any atom is -0.311 e. The minimum atomic E-state index is -0.135. The number of amides is 1. The molecule has 2 aromatic carbocycles. The summed E-state index contributed by atoms with van der Waals surface area (Å²) in [4.78, 5) is 31.9. The number of nitriles is 1. The van der Waals surface area contributed by atoms with E-state index in [0.29, 0.717) is 29.1 Å². The maximum absolute atomic E-state index is 12.9. The predicted octanol–water partition coefficient (Wildman–Crippen LogP) is 4.22. The fourth-order valence-corrected chi connectivity index (χ4v) is 4.23. The van der Waals surface area contributed by atoms with Crippen molar-refractivity contribution in [3.63, 3.8) is 0 Å². The van der Waals surface area contributed by atoms with Crippen LogP contribution in [-0.4, -0.2) is 27.8 Å². The number of benzene rings is 2. The number of thioether (sulfide) groups is 1. The van der Waals surface area contributed by atoms with Gasteiger partial charge >= 0.3 is 0 Å². The largest absolute Gasteiger partial charge is 0.311 e. The molecule has 0 atom stereocenters. The van der Waals surface area contributed by atoms with Crippen LogP contribution in [-0.2, 0) is 11.3 Å². The maximum Gasteiger partial charge on any atom is 0.262 e. The van der Waals surface area contributed by atoms with E-state index < -0.39 is 0 Å². The van der Waals surface area contributed by atoms with Crippen molar-refractivity contribution in [2.75, 3.05) is 17.2 Å². The molecule has 3 rings (SSSR count). The van der Waals surface area contributed by atoms with E-state index in [1.165, 1.54) is 11.8 Å². The Morgan fingerprint density at radius 1 is 1.28 bits per heavy atom. The fourth-order valence-electron chi connectivity index (χ4n) is 2.93. The number of rotatable bonds is 7. The van der Waals surface area contributed by atoms with Crippen LogP contribution in [0.5, 0.6) is 0 Å². The van der Waals surface area contributed by atoms with Gasteiger partial charge in [-0.05, 0) is 37.3 Å². The molecule has 1 heterocycles. The number of fused-ring (bicyclic) bond motifs is 1. The first-order valence-electron chi connectivity index (χ1n) is 9.10. The molecule has 0 N–H and O–H groups in total. The number of para-hydroxylation sites is 1. The first-order valence-corrected chi connectivity index (χ1v) is 10.9. The Labute approximate surface area is 181 Å². The Bertz CT molecular complexity index is 1130. The van der Waals surface area contributed by atoms with Crippen LogP contribution in [0, 0.1) is 11.3 Å². The number of hydrogen-bond acceptors (Lipinski definition) is 5. The first kappa shape index (κ1) is 21.1. The molecule has 0 saturated carbocycles. The molecule has 0 spiro atoms. The first-order chi connectivity index (χ1) is 14.0. The molecule has 1 aromatic heterocycles. The summed E-state index contributed by atoms with van der Waals surface area (Å²) in [5, 5.41) is 9.97. The van der Waals surface area contributed by atoms with Crippen LogP contribution in [0.2, 0.25) is 0 Å². The molecular weight excluding hydrogens is 452 g/mol. The van der Waals surface area contributed by atoms with Gasteiger partial charge in [0.05, 0.1) is 29.1 Å². The Morgan fingerprint density at radius 3 is 2.72 bits per heavy atom. The van der Waals surface area contributed by atoms with Gasteiger partial charge in [0.25, 0.3) is 5.56 Å². The van der Waals surface area contributed by atoms with Crippen molar-refractivity contribution in [2.45, 2.75) is 25.0 Å². The topological polar surface area (TPSA) is 79.0 Å². The third kappa shape index (κ3) is 4.86. The van der Waals surface area contributed by atoms with Gasteiger partial charge < -0.3 is 4.90 Å². The standard InChI is InChI=1S/C21H19BrN4O2S/c1-2-25-20(28)17-13-15(22)9-10-18(17)24-21(25)29-14-19(27)26(12-6-11-23)16-7-4-3-5-8-16/h3-5,7-10,13H,2,6,12,14H2,1H3. The summed E-state index contributed by atoms with van der Waals surface area (Å²) in [6.45, 7) is 2.66. The molecule has 0 unspecified atom stereocenters. The quantitative estimate of drug-likeness (QED) is 0.381. The molecule has 0 fully saturated rings. The smallest absolute Gasteiger partial charge is 0.262 e. The normalized spacial score (nSPS) is 10.7. The van der Waals surface area contributed by atoms with Crippen molar-refractivity contribution in [3.8, 4) is 6.07 Å². The predicted molar refractivity (Wildman–Crippen MR) is 119 cm³/mol. The van der Waals surface area contributed by atoms with Crippen LogP contribution in [0.25, 0.3) is 10.9 Å². The zero-order valence-electron chi connectivity index (χ0n) is 15.8. The number of nitrogens with zero attached hydrogens (tertiary/aromatic N) is 4. The minimum absolute atomic E-state index is 0.120. The fraction of sp³-hybridized carbons (Fsp3) is 0.238. The van der Waals surface area contributed by atoms with E-state index in [1.54, 1.807) is 21.6 Å². The molecule has 8 heteroatoms. The lowest BCUT2D eigenvalue weighted by Gasteiger charge is -2.22. The van der Waals surface area contributed by atoms with Gasteiger partial charge in [-0.15, -0.1) is 0 Å². The van der Waals surface area contributed by atoms with E-state index in [1.807, 2.05) is 43.3 Å². The summed E-state index contributed by atoms with van der Waals surface area (Å²) in [6.07, 6.45) is 0.244. The van der Waals surface area contributed by atoms with Crippen LogP contribution in [0.15, 0.2) is 63.0 Å². The highest BCUT2D eigenvalue weighted by molar-refractivity contribution is 9.10. The molecule has 0 aliphatic heterocycles. The summed E-state index contributed by atoms with van der Waals surface area (Å²) < 4.78 is 2.40. The highest BCUT2D eigenvalue weighted by Gasteiger charge is 2.18. The lowest BCUT2D eigenvalue weighted by atomic mass is 10.2. The van der Waals surface area contributed by atoms with Gasteiger partial charge in [-0.3, -0.25) is 14.2 Å².